The molecule has 172 valence electrons. The summed E-state index contributed by atoms with van der Waals surface area (Å²) < 4.78 is 70.2. The van der Waals surface area contributed by atoms with E-state index < -0.39 is 33.6 Å². The van der Waals surface area contributed by atoms with E-state index in [4.69, 9.17) is 0 Å². The molecule has 0 aliphatic heterocycles. The Morgan fingerprint density at radius 2 is 1.45 bits per heavy atom. The quantitative estimate of drug-likeness (QED) is 0.507. The zero-order chi connectivity index (χ0) is 24.2. The summed E-state index contributed by atoms with van der Waals surface area (Å²) in [6.45, 7) is 0. The number of hydrogen-bond acceptors (Lipinski definition) is 5. The monoisotopic (exact) mass is 478 g/mol. The molecule has 3 aromatic rings. The van der Waals surface area contributed by atoms with Crippen molar-refractivity contribution in [2.24, 2.45) is 0 Å². The average Bonchev–Trinajstić information content (AvgIpc) is 2.78. The highest BCUT2D eigenvalue weighted by atomic mass is 32.2. The van der Waals surface area contributed by atoms with Crippen molar-refractivity contribution in [3.63, 3.8) is 0 Å². The van der Waals surface area contributed by atoms with E-state index in [0.717, 1.165) is 24.3 Å². The third kappa shape index (κ3) is 5.89. The summed E-state index contributed by atoms with van der Waals surface area (Å²) in [6, 6.07) is 14.6. The van der Waals surface area contributed by atoms with Crippen LogP contribution in [0.1, 0.15) is 26.3 Å². The van der Waals surface area contributed by atoms with Crippen molar-refractivity contribution in [2.45, 2.75) is 11.1 Å². The number of esters is 1. The molecule has 3 rings (SSSR count). The molecular formula is C22H17F3N2O5S. The van der Waals surface area contributed by atoms with Gasteiger partial charge in [-0.1, -0.05) is 6.07 Å². The van der Waals surface area contributed by atoms with Crippen LogP contribution in [0.4, 0.5) is 24.5 Å². The van der Waals surface area contributed by atoms with Gasteiger partial charge in [0.25, 0.3) is 15.9 Å². The number of halogens is 3. The zero-order valence-corrected chi connectivity index (χ0v) is 17.8. The summed E-state index contributed by atoms with van der Waals surface area (Å²) in [5.74, 6) is -1.06. The van der Waals surface area contributed by atoms with Crippen LogP contribution in [0.25, 0.3) is 0 Å². The zero-order valence-electron chi connectivity index (χ0n) is 17.0. The number of alkyl halides is 3. The van der Waals surface area contributed by atoms with Crippen LogP contribution in [0.3, 0.4) is 0 Å². The molecule has 0 spiro atoms. The maximum Gasteiger partial charge on any atom is 0.416 e. The van der Waals surface area contributed by atoms with Crippen molar-refractivity contribution in [3.05, 3.63) is 89.5 Å². The molecule has 0 atom stereocenters. The summed E-state index contributed by atoms with van der Waals surface area (Å²) >= 11 is 0. The minimum Gasteiger partial charge on any atom is -0.465 e. The SMILES string of the molecule is COC(=O)c1ccc(NC(=O)c2ccc(S(=O)(=O)Nc3cccc(C(F)(F)F)c3)cc2)cc1. The van der Waals surface area contributed by atoms with E-state index in [1.807, 2.05) is 0 Å². The topological polar surface area (TPSA) is 102 Å². The van der Waals surface area contributed by atoms with Gasteiger partial charge in [-0.15, -0.1) is 0 Å². The Morgan fingerprint density at radius 3 is 2.03 bits per heavy atom. The maximum atomic E-state index is 12.8. The largest absolute Gasteiger partial charge is 0.465 e. The summed E-state index contributed by atoms with van der Waals surface area (Å²) in [7, 11) is -2.94. The summed E-state index contributed by atoms with van der Waals surface area (Å²) in [5, 5.41) is 2.60. The number of nitrogens with one attached hydrogen (secondary N) is 2. The Balaban J connectivity index is 1.71. The first-order chi connectivity index (χ1) is 15.5. The molecule has 0 aliphatic carbocycles. The van der Waals surface area contributed by atoms with E-state index in [1.165, 1.54) is 49.6 Å². The normalized spacial score (nSPS) is 11.5. The van der Waals surface area contributed by atoms with Crippen LogP contribution < -0.4 is 10.0 Å². The van der Waals surface area contributed by atoms with Gasteiger partial charge in [-0.05, 0) is 66.7 Å². The lowest BCUT2D eigenvalue weighted by Gasteiger charge is -2.12. The van der Waals surface area contributed by atoms with Crippen LogP contribution in [0.15, 0.2) is 77.7 Å². The molecule has 0 aromatic heterocycles. The molecule has 11 heteroatoms. The number of hydrogen-bond donors (Lipinski definition) is 2. The average molecular weight is 478 g/mol. The van der Waals surface area contributed by atoms with E-state index in [-0.39, 0.29) is 16.1 Å². The second-order valence-electron chi connectivity index (χ2n) is 6.73. The number of carbonyl (C=O) groups excluding carboxylic acids is 2. The summed E-state index contributed by atoms with van der Waals surface area (Å²) in [6.07, 6.45) is -4.61. The Labute approximate surface area is 187 Å². The first-order valence-electron chi connectivity index (χ1n) is 9.29. The van der Waals surface area contributed by atoms with Gasteiger partial charge in [0.05, 0.1) is 23.1 Å². The number of benzene rings is 3. The van der Waals surface area contributed by atoms with Crippen LogP contribution in [-0.4, -0.2) is 27.4 Å². The van der Waals surface area contributed by atoms with E-state index in [1.54, 1.807) is 0 Å². The number of amides is 1. The highest BCUT2D eigenvalue weighted by Gasteiger charge is 2.30. The van der Waals surface area contributed by atoms with Crippen LogP contribution in [0, 0.1) is 0 Å². The van der Waals surface area contributed by atoms with E-state index in [9.17, 15) is 31.2 Å². The third-order valence-corrected chi connectivity index (χ3v) is 5.83. The Kier molecular flexibility index (Phi) is 6.73. The minimum absolute atomic E-state index is 0.144. The second-order valence-corrected chi connectivity index (χ2v) is 8.41. The molecular weight excluding hydrogens is 461 g/mol. The van der Waals surface area contributed by atoms with E-state index in [2.05, 4.69) is 14.8 Å². The molecule has 0 unspecified atom stereocenters. The van der Waals surface area contributed by atoms with Crippen molar-refractivity contribution >= 4 is 33.3 Å². The minimum atomic E-state index is -4.61. The first-order valence-corrected chi connectivity index (χ1v) is 10.8. The first kappa shape index (κ1) is 23.8. The lowest BCUT2D eigenvalue weighted by atomic mass is 10.2. The number of carbonyl (C=O) groups is 2. The standard InChI is InChI=1S/C22H17F3N2O5S/c1-32-21(29)15-5-9-17(10-6-15)26-20(28)14-7-11-19(12-8-14)33(30,31)27-18-4-2-3-16(13-18)22(23,24)25/h2-13,27H,1H3,(H,26,28). The second kappa shape index (κ2) is 9.33. The van der Waals surface area contributed by atoms with Gasteiger partial charge < -0.3 is 10.1 Å². The van der Waals surface area contributed by atoms with Crippen molar-refractivity contribution in [3.8, 4) is 0 Å². The van der Waals surface area contributed by atoms with Gasteiger partial charge in [-0.25, -0.2) is 13.2 Å². The molecule has 7 nitrogen and oxygen atoms in total. The number of ether oxygens (including phenoxy) is 1. The Morgan fingerprint density at radius 1 is 0.848 bits per heavy atom. The third-order valence-electron chi connectivity index (χ3n) is 4.43. The Hall–Kier alpha value is -3.86. The molecule has 2 N–H and O–H groups in total. The molecule has 33 heavy (non-hydrogen) atoms. The number of rotatable bonds is 6. The van der Waals surface area contributed by atoms with E-state index in [0.29, 0.717) is 17.3 Å². The predicted molar refractivity (Wildman–Crippen MR) is 114 cm³/mol. The van der Waals surface area contributed by atoms with Gasteiger partial charge in [-0.2, -0.15) is 13.2 Å². The molecule has 0 saturated carbocycles. The van der Waals surface area contributed by atoms with Gasteiger partial charge in [0.1, 0.15) is 0 Å². The molecule has 1 amide bonds. The lowest BCUT2D eigenvalue weighted by molar-refractivity contribution is -0.137. The number of anilines is 2. The van der Waals surface area contributed by atoms with Gasteiger partial charge in [-0.3, -0.25) is 9.52 Å². The van der Waals surface area contributed by atoms with Crippen molar-refractivity contribution < 1.29 is 35.9 Å². The molecule has 0 heterocycles. The van der Waals surface area contributed by atoms with E-state index >= 15 is 0 Å². The van der Waals surface area contributed by atoms with Crippen molar-refractivity contribution in [2.75, 3.05) is 17.1 Å². The van der Waals surface area contributed by atoms with Gasteiger partial charge in [0.2, 0.25) is 0 Å². The van der Waals surface area contributed by atoms with Crippen LogP contribution in [0.2, 0.25) is 0 Å². The van der Waals surface area contributed by atoms with Crippen LogP contribution in [0.5, 0.6) is 0 Å². The Bertz CT molecular complexity index is 1270. The smallest absolute Gasteiger partial charge is 0.416 e. The highest BCUT2D eigenvalue weighted by Crippen LogP contribution is 2.31. The van der Waals surface area contributed by atoms with Crippen LogP contribution >= 0.6 is 0 Å². The van der Waals surface area contributed by atoms with Crippen molar-refractivity contribution in [1.82, 2.24) is 0 Å². The molecule has 3 aromatic carbocycles. The number of methoxy groups -OCH3 is 1. The molecule has 0 saturated heterocycles. The molecule has 0 fully saturated rings. The van der Waals surface area contributed by atoms with Gasteiger partial charge in [0.15, 0.2) is 0 Å². The lowest BCUT2D eigenvalue weighted by Crippen LogP contribution is -2.15. The summed E-state index contributed by atoms with van der Waals surface area (Å²) in [4.78, 5) is 23.6. The number of sulfonamides is 1. The van der Waals surface area contributed by atoms with Crippen molar-refractivity contribution in [1.29, 1.82) is 0 Å². The van der Waals surface area contributed by atoms with Crippen LogP contribution in [-0.2, 0) is 20.9 Å². The highest BCUT2D eigenvalue weighted by molar-refractivity contribution is 7.92. The van der Waals surface area contributed by atoms with Gasteiger partial charge >= 0.3 is 12.1 Å². The van der Waals surface area contributed by atoms with Gasteiger partial charge in [0, 0.05) is 16.9 Å². The fraction of sp³-hybridized carbons (Fsp3) is 0.0909. The molecule has 0 bridgehead atoms. The summed E-state index contributed by atoms with van der Waals surface area (Å²) in [5.41, 5.74) is -0.393. The molecule has 0 radical (unpaired) electrons. The maximum absolute atomic E-state index is 12.8. The fourth-order valence-corrected chi connectivity index (χ4v) is 3.82. The fourth-order valence-electron chi connectivity index (χ4n) is 2.77. The molecule has 0 aliphatic rings. The predicted octanol–water partition coefficient (Wildman–Crippen LogP) is 4.55.